The van der Waals surface area contributed by atoms with Crippen molar-refractivity contribution in [3.05, 3.63) is 34.9 Å². The molecule has 0 fully saturated rings. The molecule has 2 aromatic rings. The van der Waals surface area contributed by atoms with Gasteiger partial charge in [0, 0.05) is 17.0 Å². The van der Waals surface area contributed by atoms with Crippen molar-refractivity contribution in [2.45, 2.75) is 44.9 Å². The molecule has 1 heterocycles. The van der Waals surface area contributed by atoms with Crippen LogP contribution in [0.4, 0.5) is 5.13 Å². The van der Waals surface area contributed by atoms with Gasteiger partial charge in [-0.25, -0.2) is 0 Å². The third kappa shape index (κ3) is 7.99. The average molecular weight is 426 g/mol. The lowest BCUT2D eigenvalue weighted by Gasteiger charge is -2.22. The van der Waals surface area contributed by atoms with Crippen LogP contribution in [0, 0.1) is 11.3 Å². The van der Waals surface area contributed by atoms with Crippen LogP contribution >= 0.6 is 34.7 Å². The molecular formula is C19H24ClN3O2S2. The third-order valence-corrected chi connectivity index (χ3v) is 5.86. The molecule has 1 aromatic carbocycles. The number of amides is 1. The van der Waals surface area contributed by atoms with E-state index in [-0.39, 0.29) is 22.9 Å². The number of nitrogens with zero attached hydrogens (tertiary/aromatic N) is 2. The Morgan fingerprint density at radius 1 is 1.22 bits per heavy atom. The summed E-state index contributed by atoms with van der Waals surface area (Å²) >= 11 is 8.41. The van der Waals surface area contributed by atoms with E-state index in [4.69, 9.17) is 11.6 Å². The lowest BCUT2D eigenvalue weighted by atomic mass is 9.84. The summed E-state index contributed by atoms with van der Waals surface area (Å²) in [6.45, 7) is 8.58. The quantitative estimate of drug-likeness (QED) is 0.340. The number of nitrogens with one attached hydrogen (secondary N) is 1. The number of anilines is 1. The minimum atomic E-state index is -0.0586. The van der Waals surface area contributed by atoms with Gasteiger partial charge < -0.3 is 5.32 Å². The van der Waals surface area contributed by atoms with E-state index in [2.05, 4.69) is 43.2 Å². The molecule has 1 aromatic heterocycles. The molecule has 1 N–H and O–H groups in total. The van der Waals surface area contributed by atoms with E-state index >= 15 is 0 Å². The van der Waals surface area contributed by atoms with E-state index < -0.39 is 0 Å². The Bertz CT molecular complexity index is 785. The van der Waals surface area contributed by atoms with Crippen LogP contribution in [0.25, 0.3) is 0 Å². The number of aromatic nitrogens is 2. The monoisotopic (exact) mass is 425 g/mol. The Morgan fingerprint density at radius 3 is 2.52 bits per heavy atom. The number of rotatable bonds is 8. The lowest BCUT2D eigenvalue weighted by molar-refractivity contribution is -0.117. The Hall–Kier alpha value is -1.44. The number of thioether (sulfide) groups is 1. The van der Waals surface area contributed by atoms with Crippen LogP contribution in [-0.2, 0) is 4.79 Å². The van der Waals surface area contributed by atoms with Crippen molar-refractivity contribution >= 4 is 51.5 Å². The molecule has 0 aliphatic carbocycles. The summed E-state index contributed by atoms with van der Waals surface area (Å²) in [5, 5.41) is 11.9. The van der Waals surface area contributed by atoms with Crippen LogP contribution in [0.5, 0.6) is 0 Å². The van der Waals surface area contributed by atoms with Crippen LogP contribution < -0.4 is 5.32 Å². The molecule has 2 rings (SSSR count). The van der Waals surface area contributed by atoms with Gasteiger partial charge in [0.2, 0.25) is 11.0 Å². The van der Waals surface area contributed by atoms with Crippen molar-refractivity contribution in [2.24, 2.45) is 11.3 Å². The minimum absolute atomic E-state index is 0.00606. The fourth-order valence-electron chi connectivity index (χ4n) is 2.77. The zero-order chi connectivity index (χ0) is 20.0. The summed E-state index contributed by atoms with van der Waals surface area (Å²) in [7, 11) is 0. The fourth-order valence-corrected chi connectivity index (χ4v) is 4.56. The highest BCUT2D eigenvalue weighted by Gasteiger charge is 2.18. The highest BCUT2D eigenvalue weighted by atomic mass is 35.5. The summed E-state index contributed by atoms with van der Waals surface area (Å²) in [4.78, 5) is 24.3. The smallest absolute Gasteiger partial charge is 0.226 e. The van der Waals surface area contributed by atoms with Gasteiger partial charge in [-0.15, -0.1) is 10.2 Å². The number of carbonyl (C=O) groups is 2. The van der Waals surface area contributed by atoms with E-state index in [1.165, 1.54) is 23.1 Å². The number of Topliss-reactive ketones (excluding diaryl/α,β-unsaturated/α-hetero) is 1. The van der Waals surface area contributed by atoms with E-state index in [1.54, 1.807) is 24.3 Å². The Kier molecular flexibility index (Phi) is 7.82. The van der Waals surface area contributed by atoms with E-state index in [0.29, 0.717) is 32.4 Å². The van der Waals surface area contributed by atoms with Crippen LogP contribution in [0.1, 0.15) is 50.9 Å². The molecule has 0 radical (unpaired) electrons. The van der Waals surface area contributed by atoms with Gasteiger partial charge >= 0.3 is 0 Å². The van der Waals surface area contributed by atoms with Crippen LogP contribution in [0.15, 0.2) is 28.6 Å². The van der Waals surface area contributed by atoms with Crippen molar-refractivity contribution < 1.29 is 9.59 Å². The SMILES string of the molecule is CC(CC(=O)Nc1nnc(SCC(=O)c2ccc(Cl)cc2)s1)CC(C)(C)C. The average Bonchev–Trinajstić information content (AvgIpc) is 2.98. The summed E-state index contributed by atoms with van der Waals surface area (Å²) < 4.78 is 0.648. The predicted octanol–water partition coefficient (Wildman–Crippen LogP) is 5.57. The van der Waals surface area contributed by atoms with Crippen LogP contribution in [0.3, 0.4) is 0 Å². The number of hydrogen-bond donors (Lipinski definition) is 1. The van der Waals surface area contributed by atoms with Crippen molar-refractivity contribution in [2.75, 3.05) is 11.1 Å². The molecule has 27 heavy (non-hydrogen) atoms. The zero-order valence-electron chi connectivity index (χ0n) is 15.9. The number of benzene rings is 1. The van der Waals surface area contributed by atoms with Crippen molar-refractivity contribution in [1.82, 2.24) is 10.2 Å². The summed E-state index contributed by atoms with van der Waals surface area (Å²) in [5.74, 6) is 0.487. The highest BCUT2D eigenvalue weighted by molar-refractivity contribution is 8.01. The first-order valence-electron chi connectivity index (χ1n) is 8.67. The van der Waals surface area contributed by atoms with Crippen molar-refractivity contribution in [3.8, 4) is 0 Å². The summed E-state index contributed by atoms with van der Waals surface area (Å²) in [5.41, 5.74) is 0.806. The second-order valence-electron chi connectivity index (χ2n) is 7.71. The first kappa shape index (κ1) is 21.9. The molecule has 0 saturated carbocycles. The van der Waals surface area contributed by atoms with Gasteiger partial charge in [-0.2, -0.15) is 0 Å². The second kappa shape index (κ2) is 9.66. The molecule has 0 saturated heterocycles. The first-order valence-corrected chi connectivity index (χ1v) is 10.9. The maximum Gasteiger partial charge on any atom is 0.226 e. The molecule has 0 spiro atoms. The molecule has 0 bridgehead atoms. The number of ketones is 1. The van der Waals surface area contributed by atoms with Gasteiger partial charge in [0.15, 0.2) is 10.1 Å². The lowest BCUT2D eigenvalue weighted by Crippen LogP contribution is -2.18. The van der Waals surface area contributed by atoms with Gasteiger partial charge in [0.1, 0.15) is 0 Å². The van der Waals surface area contributed by atoms with Crippen LogP contribution in [-0.4, -0.2) is 27.6 Å². The second-order valence-corrected chi connectivity index (χ2v) is 10.4. The number of carbonyl (C=O) groups excluding carboxylic acids is 2. The Morgan fingerprint density at radius 2 is 1.89 bits per heavy atom. The maximum atomic E-state index is 12.2. The zero-order valence-corrected chi connectivity index (χ0v) is 18.3. The largest absolute Gasteiger partial charge is 0.300 e. The first-order chi connectivity index (χ1) is 12.6. The van der Waals surface area contributed by atoms with E-state index in [0.717, 1.165) is 6.42 Å². The fraction of sp³-hybridized carbons (Fsp3) is 0.474. The maximum absolute atomic E-state index is 12.2. The minimum Gasteiger partial charge on any atom is -0.300 e. The van der Waals surface area contributed by atoms with Crippen molar-refractivity contribution in [1.29, 1.82) is 0 Å². The third-order valence-electron chi connectivity index (χ3n) is 3.64. The topological polar surface area (TPSA) is 72.0 Å². The molecule has 1 unspecified atom stereocenters. The van der Waals surface area contributed by atoms with Crippen LogP contribution in [0.2, 0.25) is 5.02 Å². The summed E-state index contributed by atoms with van der Waals surface area (Å²) in [6.07, 6.45) is 1.43. The highest BCUT2D eigenvalue weighted by Crippen LogP contribution is 2.28. The molecule has 1 amide bonds. The standard InChI is InChI=1S/C19H24ClN3O2S2/c1-12(10-19(2,3)4)9-16(25)21-17-22-23-18(27-17)26-11-15(24)13-5-7-14(20)8-6-13/h5-8,12H,9-11H2,1-4H3,(H,21,22,25). The molecule has 5 nitrogen and oxygen atoms in total. The van der Waals surface area contributed by atoms with Gasteiger partial charge in [-0.3, -0.25) is 9.59 Å². The van der Waals surface area contributed by atoms with Gasteiger partial charge in [0.25, 0.3) is 0 Å². The summed E-state index contributed by atoms with van der Waals surface area (Å²) in [6, 6.07) is 6.79. The van der Waals surface area contributed by atoms with E-state index in [9.17, 15) is 9.59 Å². The number of halogens is 1. The molecule has 1 atom stereocenters. The molecule has 0 aliphatic rings. The van der Waals surface area contributed by atoms with Gasteiger partial charge in [0.05, 0.1) is 5.75 Å². The van der Waals surface area contributed by atoms with Crippen molar-refractivity contribution in [3.63, 3.8) is 0 Å². The molecule has 8 heteroatoms. The molecular weight excluding hydrogens is 402 g/mol. The number of hydrogen-bond acceptors (Lipinski definition) is 6. The van der Waals surface area contributed by atoms with E-state index in [1.807, 2.05) is 0 Å². The molecule has 146 valence electrons. The van der Waals surface area contributed by atoms with Gasteiger partial charge in [-0.1, -0.05) is 62.4 Å². The Labute approximate surface area is 173 Å². The molecule has 0 aliphatic heterocycles. The predicted molar refractivity (Wildman–Crippen MR) is 113 cm³/mol. The van der Waals surface area contributed by atoms with Gasteiger partial charge in [-0.05, 0) is 42.0 Å². The normalized spacial score (nSPS) is 12.6. The Balaban J connectivity index is 1.81.